The van der Waals surface area contributed by atoms with Crippen LogP contribution in [0.25, 0.3) is 0 Å². The van der Waals surface area contributed by atoms with Gasteiger partial charge in [0.15, 0.2) is 0 Å². The standard InChI is InChI=1S/C16H25NO2S/c1-13(14-6-8-15(9-7-14)20(2)19)17-12-16(18)10-4-3-5-11-16/h6-9,13,17-18H,3-5,10-12H2,1-2H3. The topological polar surface area (TPSA) is 49.3 Å². The molecule has 0 heterocycles. The van der Waals surface area contributed by atoms with Gasteiger partial charge in [-0.15, -0.1) is 0 Å². The maximum Gasteiger partial charge on any atom is 0.0771 e. The third kappa shape index (κ3) is 4.14. The summed E-state index contributed by atoms with van der Waals surface area (Å²) in [6, 6.07) is 8.05. The van der Waals surface area contributed by atoms with Gasteiger partial charge in [0, 0.05) is 34.5 Å². The van der Waals surface area contributed by atoms with Gasteiger partial charge in [-0.25, -0.2) is 0 Å². The summed E-state index contributed by atoms with van der Waals surface area (Å²) in [5.74, 6) is 0. The molecule has 0 aromatic heterocycles. The lowest BCUT2D eigenvalue weighted by atomic mass is 9.84. The summed E-state index contributed by atoms with van der Waals surface area (Å²) in [5, 5.41) is 13.9. The van der Waals surface area contributed by atoms with E-state index in [1.807, 2.05) is 24.3 Å². The van der Waals surface area contributed by atoms with Gasteiger partial charge in [0.1, 0.15) is 0 Å². The van der Waals surface area contributed by atoms with Crippen LogP contribution >= 0.6 is 0 Å². The summed E-state index contributed by atoms with van der Waals surface area (Å²) in [7, 11) is -0.925. The van der Waals surface area contributed by atoms with Crippen molar-refractivity contribution in [3.8, 4) is 0 Å². The van der Waals surface area contributed by atoms with Gasteiger partial charge in [0.25, 0.3) is 0 Å². The number of aliphatic hydroxyl groups is 1. The van der Waals surface area contributed by atoms with E-state index in [-0.39, 0.29) is 6.04 Å². The van der Waals surface area contributed by atoms with E-state index in [1.54, 1.807) is 6.26 Å². The fourth-order valence-electron chi connectivity index (χ4n) is 2.80. The van der Waals surface area contributed by atoms with Crippen molar-refractivity contribution in [3.05, 3.63) is 29.8 Å². The van der Waals surface area contributed by atoms with Crippen LogP contribution in [0.2, 0.25) is 0 Å². The van der Waals surface area contributed by atoms with Gasteiger partial charge in [-0.3, -0.25) is 4.21 Å². The van der Waals surface area contributed by atoms with Gasteiger partial charge in [-0.2, -0.15) is 0 Å². The van der Waals surface area contributed by atoms with Gasteiger partial charge >= 0.3 is 0 Å². The Bertz CT molecular complexity index is 452. The molecule has 0 amide bonds. The Kier molecular flexibility index (Phi) is 5.35. The van der Waals surface area contributed by atoms with Crippen LogP contribution in [0.1, 0.15) is 50.6 Å². The van der Waals surface area contributed by atoms with Gasteiger partial charge in [-0.05, 0) is 37.5 Å². The fraction of sp³-hybridized carbons (Fsp3) is 0.625. The quantitative estimate of drug-likeness (QED) is 0.878. The molecule has 0 bridgehead atoms. The minimum Gasteiger partial charge on any atom is -0.389 e. The van der Waals surface area contributed by atoms with Crippen LogP contribution in [0, 0.1) is 0 Å². The SMILES string of the molecule is CC(NCC1(O)CCCCC1)c1ccc(S(C)=O)cc1. The van der Waals surface area contributed by atoms with Crippen molar-refractivity contribution in [1.82, 2.24) is 5.32 Å². The normalized spacial score (nSPS) is 21.4. The molecule has 0 aliphatic heterocycles. The first-order chi connectivity index (χ1) is 9.50. The summed E-state index contributed by atoms with van der Waals surface area (Å²) in [6.07, 6.45) is 7.00. The van der Waals surface area contributed by atoms with Crippen molar-refractivity contribution >= 4 is 10.8 Å². The number of rotatable bonds is 5. The van der Waals surface area contributed by atoms with Crippen LogP contribution in [-0.2, 0) is 10.8 Å². The first-order valence-corrected chi connectivity index (χ1v) is 8.95. The molecule has 4 heteroatoms. The second kappa shape index (κ2) is 6.83. The van der Waals surface area contributed by atoms with E-state index in [2.05, 4.69) is 12.2 Å². The molecule has 1 saturated carbocycles. The average molecular weight is 295 g/mol. The second-order valence-electron chi connectivity index (χ2n) is 5.91. The summed E-state index contributed by atoms with van der Waals surface area (Å²) in [5.41, 5.74) is 0.635. The van der Waals surface area contributed by atoms with E-state index in [9.17, 15) is 9.32 Å². The Morgan fingerprint density at radius 2 is 1.85 bits per heavy atom. The van der Waals surface area contributed by atoms with Gasteiger partial charge < -0.3 is 10.4 Å². The van der Waals surface area contributed by atoms with Gasteiger partial charge in [0.05, 0.1) is 5.60 Å². The van der Waals surface area contributed by atoms with Crippen molar-refractivity contribution in [1.29, 1.82) is 0 Å². The highest BCUT2D eigenvalue weighted by Crippen LogP contribution is 2.28. The summed E-state index contributed by atoms with van der Waals surface area (Å²) >= 11 is 0. The first-order valence-electron chi connectivity index (χ1n) is 7.39. The molecule has 2 unspecified atom stereocenters. The highest BCUT2D eigenvalue weighted by Gasteiger charge is 2.29. The fourth-order valence-corrected chi connectivity index (χ4v) is 3.32. The van der Waals surface area contributed by atoms with Gasteiger partial charge in [-0.1, -0.05) is 31.4 Å². The zero-order chi connectivity index (χ0) is 14.6. The smallest absolute Gasteiger partial charge is 0.0771 e. The van der Waals surface area contributed by atoms with Crippen molar-refractivity contribution < 1.29 is 9.32 Å². The highest BCUT2D eigenvalue weighted by atomic mass is 32.2. The minimum absolute atomic E-state index is 0.195. The lowest BCUT2D eigenvalue weighted by Gasteiger charge is -2.33. The minimum atomic E-state index is -0.925. The maximum atomic E-state index is 11.4. The Balaban J connectivity index is 1.90. The molecule has 1 aromatic carbocycles. The Hall–Kier alpha value is -0.710. The number of nitrogens with one attached hydrogen (secondary N) is 1. The third-order valence-electron chi connectivity index (χ3n) is 4.23. The number of hydrogen-bond acceptors (Lipinski definition) is 3. The third-order valence-corrected chi connectivity index (χ3v) is 5.17. The lowest BCUT2D eigenvalue weighted by molar-refractivity contribution is 0.00300. The van der Waals surface area contributed by atoms with Crippen molar-refractivity contribution in [2.75, 3.05) is 12.8 Å². The molecule has 1 fully saturated rings. The zero-order valence-electron chi connectivity index (χ0n) is 12.4. The zero-order valence-corrected chi connectivity index (χ0v) is 13.2. The van der Waals surface area contributed by atoms with Crippen LogP contribution < -0.4 is 5.32 Å². The van der Waals surface area contributed by atoms with E-state index in [0.717, 1.165) is 30.6 Å². The molecule has 3 nitrogen and oxygen atoms in total. The molecule has 1 aliphatic rings. The molecule has 0 spiro atoms. The summed E-state index contributed by atoms with van der Waals surface area (Å²) < 4.78 is 11.4. The molecule has 2 atom stereocenters. The largest absolute Gasteiger partial charge is 0.389 e. The van der Waals surface area contributed by atoms with E-state index in [4.69, 9.17) is 0 Å². The van der Waals surface area contributed by atoms with Crippen molar-refractivity contribution in [2.45, 2.75) is 55.6 Å². The van der Waals surface area contributed by atoms with E-state index in [1.165, 1.54) is 12.0 Å². The molecule has 1 aliphatic carbocycles. The van der Waals surface area contributed by atoms with Crippen LogP contribution in [0.15, 0.2) is 29.2 Å². The van der Waals surface area contributed by atoms with Crippen molar-refractivity contribution in [3.63, 3.8) is 0 Å². The molecule has 20 heavy (non-hydrogen) atoms. The van der Waals surface area contributed by atoms with E-state index in [0.29, 0.717) is 6.54 Å². The molecule has 112 valence electrons. The predicted molar refractivity (Wildman–Crippen MR) is 83.2 cm³/mol. The van der Waals surface area contributed by atoms with Gasteiger partial charge in [0.2, 0.25) is 0 Å². The average Bonchev–Trinajstić information content (AvgIpc) is 2.46. The number of benzene rings is 1. The van der Waals surface area contributed by atoms with Crippen molar-refractivity contribution in [2.24, 2.45) is 0 Å². The Morgan fingerprint density at radius 1 is 1.25 bits per heavy atom. The van der Waals surface area contributed by atoms with Crippen LogP contribution in [0.4, 0.5) is 0 Å². The highest BCUT2D eigenvalue weighted by molar-refractivity contribution is 7.84. The Morgan fingerprint density at radius 3 is 2.40 bits per heavy atom. The molecule has 0 saturated heterocycles. The van der Waals surface area contributed by atoms with E-state index < -0.39 is 16.4 Å². The monoisotopic (exact) mass is 295 g/mol. The van der Waals surface area contributed by atoms with Crippen LogP contribution in [-0.4, -0.2) is 27.7 Å². The molecule has 0 radical (unpaired) electrons. The summed E-state index contributed by atoms with van der Waals surface area (Å²) in [6.45, 7) is 2.75. The predicted octanol–water partition coefficient (Wildman–Crippen LogP) is 2.77. The first kappa shape index (κ1) is 15.7. The maximum absolute atomic E-state index is 11.4. The Labute approximate surface area is 124 Å². The molecule has 2 N–H and O–H groups in total. The molecule has 1 aromatic rings. The lowest BCUT2D eigenvalue weighted by Crippen LogP contribution is -2.42. The van der Waals surface area contributed by atoms with Crippen LogP contribution in [0.3, 0.4) is 0 Å². The molecule has 2 rings (SSSR count). The second-order valence-corrected chi connectivity index (χ2v) is 7.29. The van der Waals surface area contributed by atoms with Crippen LogP contribution in [0.5, 0.6) is 0 Å². The molecular weight excluding hydrogens is 270 g/mol. The number of hydrogen-bond donors (Lipinski definition) is 2. The molecular formula is C16H25NO2S. The summed E-state index contributed by atoms with van der Waals surface area (Å²) in [4.78, 5) is 0.854. The van der Waals surface area contributed by atoms with E-state index >= 15 is 0 Å².